The van der Waals surface area contributed by atoms with Crippen molar-refractivity contribution in [3.8, 4) is 0 Å². The lowest BCUT2D eigenvalue weighted by Gasteiger charge is -2.28. The third kappa shape index (κ3) is 3.20. The zero-order valence-electron chi connectivity index (χ0n) is 10.4. The van der Waals surface area contributed by atoms with E-state index >= 15 is 0 Å². The van der Waals surface area contributed by atoms with Crippen LogP contribution in [0.1, 0.15) is 30.1 Å². The van der Waals surface area contributed by atoms with E-state index in [1.807, 2.05) is 0 Å². The first kappa shape index (κ1) is 12.8. The number of carboxylic acids is 1. The van der Waals surface area contributed by atoms with Gasteiger partial charge in [0.1, 0.15) is 5.82 Å². The summed E-state index contributed by atoms with van der Waals surface area (Å²) in [4.78, 5) is 14.8. The first-order valence-corrected chi connectivity index (χ1v) is 6.20. The van der Waals surface area contributed by atoms with E-state index < -0.39 is 5.97 Å². The van der Waals surface area contributed by atoms with Crippen molar-refractivity contribution < 1.29 is 14.6 Å². The summed E-state index contributed by atoms with van der Waals surface area (Å²) in [6, 6.07) is 3.59. The van der Waals surface area contributed by atoms with Crippen LogP contribution in [0.2, 0.25) is 0 Å². The van der Waals surface area contributed by atoms with Crippen molar-refractivity contribution in [2.45, 2.75) is 25.8 Å². The van der Waals surface area contributed by atoms with E-state index in [1.165, 1.54) is 6.20 Å². The normalized spacial score (nSPS) is 18.3. The Hall–Kier alpha value is -1.62. The van der Waals surface area contributed by atoms with Crippen molar-refractivity contribution >= 4 is 11.8 Å². The van der Waals surface area contributed by atoms with E-state index in [0.29, 0.717) is 12.0 Å². The minimum absolute atomic E-state index is 0.208. The third-order valence-electron chi connectivity index (χ3n) is 3.36. The molecule has 0 amide bonds. The summed E-state index contributed by atoms with van der Waals surface area (Å²) in [5, 5.41) is 12.1. The van der Waals surface area contributed by atoms with Gasteiger partial charge in [0.05, 0.1) is 5.56 Å². The second-order valence-electron chi connectivity index (χ2n) is 4.62. The van der Waals surface area contributed by atoms with Crippen LogP contribution < -0.4 is 5.32 Å². The molecule has 98 valence electrons. The Labute approximate surface area is 106 Å². The molecule has 0 radical (unpaired) electrons. The number of aromatic carboxylic acids is 1. The monoisotopic (exact) mass is 250 g/mol. The Balaban J connectivity index is 1.93. The van der Waals surface area contributed by atoms with Crippen LogP contribution in [0.3, 0.4) is 0 Å². The molecule has 5 nitrogen and oxygen atoms in total. The number of anilines is 1. The quantitative estimate of drug-likeness (QED) is 0.855. The molecule has 0 saturated carbocycles. The first-order chi connectivity index (χ1) is 8.66. The van der Waals surface area contributed by atoms with Gasteiger partial charge in [0, 0.05) is 25.5 Å². The van der Waals surface area contributed by atoms with Gasteiger partial charge in [-0.1, -0.05) is 0 Å². The molecule has 1 aliphatic heterocycles. The largest absolute Gasteiger partial charge is 0.478 e. The van der Waals surface area contributed by atoms with Crippen molar-refractivity contribution in [3.63, 3.8) is 0 Å². The molecule has 1 atom stereocenters. The summed E-state index contributed by atoms with van der Waals surface area (Å²) < 4.78 is 5.33. The van der Waals surface area contributed by atoms with Crippen LogP contribution in [-0.2, 0) is 4.74 Å². The second-order valence-corrected chi connectivity index (χ2v) is 4.62. The Morgan fingerprint density at radius 1 is 1.50 bits per heavy atom. The Bertz CT molecular complexity index is 399. The molecule has 1 aromatic heterocycles. The van der Waals surface area contributed by atoms with Crippen LogP contribution >= 0.6 is 0 Å². The van der Waals surface area contributed by atoms with Gasteiger partial charge in [-0.05, 0) is 37.8 Å². The number of aromatic nitrogens is 1. The van der Waals surface area contributed by atoms with E-state index in [0.717, 1.165) is 31.9 Å². The van der Waals surface area contributed by atoms with Gasteiger partial charge in [-0.15, -0.1) is 0 Å². The molecule has 2 N–H and O–H groups in total. The molecule has 1 aliphatic rings. The topological polar surface area (TPSA) is 71.5 Å². The minimum atomic E-state index is -0.952. The van der Waals surface area contributed by atoms with Gasteiger partial charge >= 0.3 is 5.97 Å². The van der Waals surface area contributed by atoms with Crippen LogP contribution in [-0.4, -0.2) is 35.3 Å². The predicted molar refractivity (Wildman–Crippen MR) is 67.8 cm³/mol. The highest BCUT2D eigenvalue weighted by atomic mass is 16.5. The zero-order chi connectivity index (χ0) is 13.0. The van der Waals surface area contributed by atoms with Gasteiger partial charge in [0.15, 0.2) is 0 Å². The van der Waals surface area contributed by atoms with E-state index in [2.05, 4.69) is 17.2 Å². The number of nitrogens with one attached hydrogen (secondary N) is 1. The molecule has 18 heavy (non-hydrogen) atoms. The number of pyridine rings is 1. The van der Waals surface area contributed by atoms with Crippen LogP contribution in [0, 0.1) is 5.92 Å². The molecule has 0 spiro atoms. The van der Waals surface area contributed by atoms with Gasteiger partial charge in [-0.25, -0.2) is 9.78 Å². The number of nitrogens with zero attached hydrogens (tertiary/aromatic N) is 1. The van der Waals surface area contributed by atoms with Crippen molar-refractivity contribution in [3.05, 3.63) is 23.9 Å². The standard InChI is InChI=1S/C13H18N2O3/c1-9(10-4-6-18-7-5-10)15-12-3-2-11(8-14-12)13(16)17/h2-3,8-10H,4-7H2,1H3,(H,14,15)(H,16,17). The molecular formula is C13H18N2O3. The average molecular weight is 250 g/mol. The molecule has 0 aliphatic carbocycles. The minimum Gasteiger partial charge on any atom is -0.478 e. The lowest BCUT2D eigenvalue weighted by molar-refractivity contribution is 0.0622. The van der Waals surface area contributed by atoms with Gasteiger partial charge < -0.3 is 15.2 Å². The molecule has 0 bridgehead atoms. The maximum Gasteiger partial charge on any atom is 0.337 e. The summed E-state index contributed by atoms with van der Waals surface area (Å²) in [6.45, 7) is 3.77. The molecule has 1 unspecified atom stereocenters. The molecule has 0 aromatic carbocycles. The summed E-state index contributed by atoms with van der Waals surface area (Å²) in [5.41, 5.74) is 0.208. The van der Waals surface area contributed by atoms with E-state index in [4.69, 9.17) is 9.84 Å². The van der Waals surface area contributed by atoms with Crippen molar-refractivity contribution in [1.82, 2.24) is 4.98 Å². The van der Waals surface area contributed by atoms with Crippen LogP contribution in [0.25, 0.3) is 0 Å². The summed E-state index contributed by atoms with van der Waals surface area (Å²) >= 11 is 0. The van der Waals surface area contributed by atoms with Gasteiger partial charge in [-0.2, -0.15) is 0 Å². The van der Waals surface area contributed by atoms with Gasteiger partial charge in [0.2, 0.25) is 0 Å². The molecular weight excluding hydrogens is 232 g/mol. The fourth-order valence-electron chi connectivity index (χ4n) is 2.17. The van der Waals surface area contributed by atoms with Crippen LogP contribution in [0.5, 0.6) is 0 Å². The summed E-state index contributed by atoms with van der Waals surface area (Å²) in [5.74, 6) is 0.352. The smallest absolute Gasteiger partial charge is 0.337 e. The second kappa shape index (κ2) is 5.82. The van der Waals surface area contributed by atoms with E-state index in [-0.39, 0.29) is 5.56 Å². The number of hydrogen-bond acceptors (Lipinski definition) is 4. The number of carboxylic acid groups (broad SMARTS) is 1. The van der Waals surface area contributed by atoms with Gasteiger partial charge in [-0.3, -0.25) is 0 Å². The maximum absolute atomic E-state index is 10.7. The zero-order valence-corrected chi connectivity index (χ0v) is 10.4. The van der Waals surface area contributed by atoms with E-state index in [9.17, 15) is 4.79 Å². The van der Waals surface area contributed by atoms with Crippen molar-refractivity contribution in [1.29, 1.82) is 0 Å². The Morgan fingerprint density at radius 2 is 2.22 bits per heavy atom. The first-order valence-electron chi connectivity index (χ1n) is 6.20. The highest BCUT2D eigenvalue weighted by Crippen LogP contribution is 2.21. The maximum atomic E-state index is 10.7. The number of carbonyl (C=O) groups is 1. The fraction of sp³-hybridized carbons (Fsp3) is 0.538. The molecule has 1 fully saturated rings. The molecule has 1 saturated heterocycles. The Morgan fingerprint density at radius 3 is 2.78 bits per heavy atom. The highest BCUT2D eigenvalue weighted by Gasteiger charge is 2.20. The average Bonchev–Trinajstić information content (AvgIpc) is 2.40. The number of ether oxygens (including phenoxy) is 1. The van der Waals surface area contributed by atoms with Gasteiger partial charge in [0.25, 0.3) is 0 Å². The SMILES string of the molecule is CC(Nc1ccc(C(=O)O)cn1)C1CCOCC1. The number of rotatable bonds is 4. The van der Waals surface area contributed by atoms with Crippen molar-refractivity contribution in [2.75, 3.05) is 18.5 Å². The predicted octanol–water partition coefficient (Wildman–Crippen LogP) is 2.01. The van der Waals surface area contributed by atoms with E-state index in [1.54, 1.807) is 12.1 Å². The fourth-order valence-corrected chi connectivity index (χ4v) is 2.17. The summed E-state index contributed by atoms with van der Waals surface area (Å²) in [6.07, 6.45) is 3.49. The number of hydrogen-bond donors (Lipinski definition) is 2. The van der Waals surface area contributed by atoms with Crippen LogP contribution in [0.4, 0.5) is 5.82 Å². The molecule has 5 heteroatoms. The molecule has 2 rings (SSSR count). The highest BCUT2D eigenvalue weighted by molar-refractivity contribution is 5.87. The molecule has 1 aromatic rings. The lowest BCUT2D eigenvalue weighted by atomic mass is 9.93. The summed E-state index contributed by atoms with van der Waals surface area (Å²) in [7, 11) is 0. The molecule has 2 heterocycles. The third-order valence-corrected chi connectivity index (χ3v) is 3.36. The lowest BCUT2D eigenvalue weighted by Crippen LogP contribution is -2.31. The Kier molecular flexibility index (Phi) is 4.15. The van der Waals surface area contributed by atoms with Crippen molar-refractivity contribution in [2.24, 2.45) is 5.92 Å². The van der Waals surface area contributed by atoms with Crippen LogP contribution in [0.15, 0.2) is 18.3 Å².